The van der Waals surface area contributed by atoms with Crippen LogP contribution in [0.15, 0.2) is 41.0 Å². The van der Waals surface area contributed by atoms with Crippen molar-refractivity contribution in [3.63, 3.8) is 0 Å². The molecule has 0 fully saturated rings. The van der Waals surface area contributed by atoms with Crippen LogP contribution in [0.2, 0.25) is 0 Å². The van der Waals surface area contributed by atoms with Crippen molar-refractivity contribution in [1.82, 2.24) is 10.2 Å². The number of halogens is 1. The van der Waals surface area contributed by atoms with Crippen molar-refractivity contribution in [3.8, 4) is 5.88 Å². The molecular weight excluding hydrogens is 296 g/mol. The second kappa shape index (κ2) is 5.59. The second-order valence-corrected chi connectivity index (χ2v) is 4.40. The van der Waals surface area contributed by atoms with E-state index >= 15 is 0 Å². The number of amidine groups is 1. The molecule has 6 heteroatoms. The van der Waals surface area contributed by atoms with Crippen molar-refractivity contribution in [2.75, 3.05) is 0 Å². The fourth-order valence-electron chi connectivity index (χ4n) is 1.39. The molecule has 0 aliphatic heterocycles. The van der Waals surface area contributed by atoms with Gasteiger partial charge in [-0.15, -0.1) is 5.10 Å². The molecule has 0 radical (unpaired) electrons. The van der Waals surface area contributed by atoms with E-state index in [-0.39, 0.29) is 11.7 Å². The Bertz CT molecular complexity index is 574. The second-order valence-electron chi connectivity index (χ2n) is 3.54. The number of ether oxygens (including phenoxy) is 1. The molecule has 1 aromatic heterocycles. The summed E-state index contributed by atoms with van der Waals surface area (Å²) in [5, 5.41) is 15.0. The van der Waals surface area contributed by atoms with Gasteiger partial charge in [0.1, 0.15) is 12.4 Å². The Labute approximate surface area is 113 Å². The average Bonchev–Trinajstić information content (AvgIpc) is 2.38. The standard InChI is InChI=1S/C12H11BrN4O/c13-10-4-2-1-3-8(10)7-18-12-9(11(14)15)5-6-16-17-12/h1-6H,7H2,(H3,14,15). The molecule has 0 bridgehead atoms. The number of rotatable bonds is 4. The number of benzene rings is 1. The van der Waals surface area contributed by atoms with E-state index in [1.807, 2.05) is 24.3 Å². The molecule has 1 aromatic carbocycles. The largest absolute Gasteiger partial charge is 0.471 e. The monoisotopic (exact) mass is 306 g/mol. The highest BCUT2D eigenvalue weighted by Gasteiger charge is 2.09. The summed E-state index contributed by atoms with van der Waals surface area (Å²) in [4.78, 5) is 0. The molecule has 0 atom stereocenters. The summed E-state index contributed by atoms with van der Waals surface area (Å²) in [5.74, 6) is 0.174. The molecule has 0 unspecified atom stereocenters. The van der Waals surface area contributed by atoms with Gasteiger partial charge < -0.3 is 10.5 Å². The SMILES string of the molecule is N=C(N)c1ccnnc1OCc1ccccc1Br. The molecule has 3 N–H and O–H groups in total. The Balaban J connectivity index is 2.16. The molecule has 0 amide bonds. The molecule has 18 heavy (non-hydrogen) atoms. The van der Waals surface area contributed by atoms with Gasteiger partial charge in [-0.25, -0.2) is 0 Å². The van der Waals surface area contributed by atoms with Gasteiger partial charge in [-0.05, 0) is 12.1 Å². The van der Waals surface area contributed by atoms with Crippen LogP contribution < -0.4 is 10.5 Å². The summed E-state index contributed by atoms with van der Waals surface area (Å²) in [6, 6.07) is 9.32. The van der Waals surface area contributed by atoms with Crippen LogP contribution in [0.1, 0.15) is 11.1 Å². The van der Waals surface area contributed by atoms with Crippen LogP contribution in [0.4, 0.5) is 0 Å². The van der Waals surface area contributed by atoms with E-state index in [0.717, 1.165) is 10.0 Å². The Morgan fingerprint density at radius 2 is 2.11 bits per heavy atom. The zero-order chi connectivity index (χ0) is 13.0. The summed E-state index contributed by atoms with van der Waals surface area (Å²) in [6.45, 7) is 0.334. The van der Waals surface area contributed by atoms with Crippen LogP contribution in [-0.2, 0) is 6.61 Å². The van der Waals surface area contributed by atoms with Gasteiger partial charge in [0.15, 0.2) is 0 Å². The first-order chi connectivity index (χ1) is 8.68. The van der Waals surface area contributed by atoms with E-state index in [9.17, 15) is 0 Å². The first-order valence-electron chi connectivity index (χ1n) is 5.21. The van der Waals surface area contributed by atoms with Gasteiger partial charge in [0, 0.05) is 10.0 Å². The van der Waals surface area contributed by atoms with E-state index in [1.54, 1.807) is 6.07 Å². The van der Waals surface area contributed by atoms with Crippen molar-refractivity contribution < 1.29 is 4.74 Å². The molecule has 5 nitrogen and oxygen atoms in total. The Hall–Kier alpha value is -1.95. The number of nitrogens with zero attached hydrogens (tertiary/aromatic N) is 2. The van der Waals surface area contributed by atoms with Gasteiger partial charge in [0.25, 0.3) is 0 Å². The molecule has 0 spiro atoms. The minimum atomic E-state index is -0.0907. The summed E-state index contributed by atoms with van der Waals surface area (Å²) in [5.41, 5.74) is 6.87. The minimum absolute atomic E-state index is 0.0907. The third-order valence-electron chi connectivity index (χ3n) is 2.30. The molecule has 92 valence electrons. The third-order valence-corrected chi connectivity index (χ3v) is 3.07. The van der Waals surface area contributed by atoms with E-state index in [2.05, 4.69) is 26.1 Å². The number of hydrogen-bond acceptors (Lipinski definition) is 4. The van der Waals surface area contributed by atoms with Crippen LogP contribution in [-0.4, -0.2) is 16.0 Å². The average molecular weight is 307 g/mol. The van der Waals surface area contributed by atoms with E-state index < -0.39 is 0 Å². The first-order valence-corrected chi connectivity index (χ1v) is 6.00. The van der Waals surface area contributed by atoms with E-state index in [1.165, 1.54) is 6.20 Å². The van der Waals surface area contributed by atoms with Crippen molar-refractivity contribution in [1.29, 1.82) is 5.41 Å². The summed E-state index contributed by atoms with van der Waals surface area (Å²) in [6.07, 6.45) is 1.47. The molecule has 1 heterocycles. The van der Waals surface area contributed by atoms with Crippen LogP contribution >= 0.6 is 15.9 Å². The van der Waals surface area contributed by atoms with E-state index in [0.29, 0.717) is 12.2 Å². The predicted octanol–water partition coefficient (Wildman–Crippen LogP) is 2.10. The predicted molar refractivity (Wildman–Crippen MR) is 71.5 cm³/mol. The van der Waals surface area contributed by atoms with Crippen LogP contribution in [0.25, 0.3) is 0 Å². The maximum absolute atomic E-state index is 7.42. The topological polar surface area (TPSA) is 84.9 Å². The molecule has 0 aliphatic carbocycles. The Kier molecular flexibility index (Phi) is 3.88. The molecular formula is C12H11BrN4O. The Morgan fingerprint density at radius 1 is 1.33 bits per heavy atom. The molecule has 0 saturated carbocycles. The van der Waals surface area contributed by atoms with Gasteiger partial charge >= 0.3 is 0 Å². The maximum atomic E-state index is 7.42. The van der Waals surface area contributed by atoms with Crippen molar-refractivity contribution in [2.24, 2.45) is 5.73 Å². The molecule has 2 rings (SSSR count). The number of aromatic nitrogens is 2. The summed E-state index contributed by atoms with van der Waals surface area (Å²) in [7, 11) is 0. The van der Waals surface area contributed by atoms with E-state index in [4.69, 9.17) is 15.9 Å². The van der Waals surface area contributed by atoms with Crippen molar-refractivity contribution in [3.05, 3.63) is 52.1 Å². The zero-order valence-corrected chi connectivity index (χ0v) is 11.0. The lowest BCUT2D eigenvalue weighted by atomic mass is 10.2. The molecule has 0 saturated heterocycles. The van der Waals surface area contributed by atoms with Crippen LogP contribution in [0.3, 0.4) is 0 Å². The maximum Gasteiger partial charge on any atom is 0.244 e. The van der Waals surface area contributed by atoms with Crippen molar-refractivity contribution in [2.45, 2.75) is 6.61 Å². The normalized spacial score (nSPS) is 10.1. The lowest BCUT2D eigenvalue weighted by Crippen LogP contribution is -2.14. The molecule has 2 aromatic rings. The van der Waals surface area contributed by atoms with Crippen LogP contribution in [0.5, 0.6) is 5.88 Å². The van der Waals surface area contributed by atoms with Crippen LogP contribution in [0, 0.1) is 5.41 Å². The number of nitrogens with two attached hydrogens (primary N) is 1. The number of hydrogen-bond donors (Lipinski definition) is 2. The van der Waals surface area contributed by atoms with Gasteiger partial charge in [-0.1, -0.05) is 34.1 Å². The van der Waals surface area contributed by atoms with Gasteiger partial charge in [0.2, 0.25) is 5.88 Å². The van der Waals surface area contributed by atoms with Gasteiger partial charge in [0.05, 0.1) is 11.8 Å². The minimum Gasteiger partial charge on any atom is -0.471 e. The van der Waals surface area contributed by atoms with Gasteiger partial charge in [-0.2, -0.15) is 5.10 Å². The number of nitrogens with one attached hydrogen (secondary N) is 1. The van der Waals surface area contributed by atoms with Crippen molar-refractivity contribution >= 4 is 21.8 Å². The number of nitrogen functional groups attached to an aromatic ring is 1. The summed E-state index contributed by atoms with van der Waals surface area (Å²) >= 11 is 3.43. The lowest BCUT2D eigenvalue weighted by molar-refractivity contribution is 0.289. The quantitative estimate of drug-likeness (QED) is 0.669. The molecule has 0 aliphatic rings. The van der Waals surface area contributed by atoms with Gasteiger partial charge in [-0.3, -0.25) is 5.41 Å². The highest BCUT2D eigenvalue weighted by atomic mass is 79.9. The fraction of sp³-hybridized carbons (Fsp3) is 0.0833. The highest BCUT2D eigenvalue weighted by molar-refractivity contribution is 9.10. The highest BCUT2D eigenvalue weighted by Crippen LogP contribution is 2.19. The Morgan fingerprint density at radius 3 is 2.83 bits per heavy atom. The fourth-order valence-corrected chi connectivity index (χ4v) is 1.79. The first kappa shape index (κ1) is 12.5. The smallest absolute Gasteiger partial charge is 0.244 e. The third kappa shape index (κ3) is 2.84. The lowest BCUT2D eigenvalue weighted by Gasteiger charge is -2.09. The summed E-state index contributed by atoms with van der Waals surface area (Å²) < 4.78 is 6.50. The zero-order valence-electron chi connectivity index (χ0n) is 9.43.